The molecule has 5 heteroatoms. The summed E-state index contributed by atoms with van der Waals surface area (Å²) in [4.78, 5) is 14.9. The Kier molecular flexibility index (Phi) is 5.69. The Hall–Kier alpha value is -2.95. The molecule has 0 spiro atoms. The number of carbonyl (C=O) groups excluding carboxylic acids is 1. The van der Waals surface area contributed by atoms with Crippen molar-refractivity contribution in [2.75, 3.05) is 24.7 Å². The van der Waals surface area contributed by atoms with Gasteiger partial charge >= 0.3 is 0 Å². The van der Waals surface area contributed by atoms with E-state index in [9.17, 15) is 4.79 Å². The Balaban J connectivity index is 1.73. The minimum atomic E-state index is -0.616. The van der Waals surface area contributed by atoms with Gasteiger partial charge in [-0.25, -0.2) is 0 Å². The maximum Gasteiger partial charge on any atom is 0.223 e. The van der Waals surface area contributed by atoms with E-state index in [1.165, 1.54) is 11.3 Å². The summed E-state index contributed by atoms with van der Waals surface area (Å²) in [5, 5.41) is 3.32. The summed E-state index contributed by atoms with van der Waals surface area (Å²) >= 11 is 0. The topological polar surface area (TPSA) is 50.8 Å². The molecule has 0 aromatic heterocycles. The zero-order chi connectivity index (χ0) is 22.1. The number of amides is 1. The predicted octanol–water partition coefficient (Wildman–Crippen LogP) is 4.90. The van der Waals surface area contributed by atoms with Crippen LogP contribution < -0.4 is 19.7 Å². The lowest BCUT2D eigenvalue weighted by Crippen LogP contribution is -2.68. The summed E-state index contributed by atoms with van der Waals surface area (Å²) < 4.78 is 11.7. The smallest absolute Gasteiger partial charge is 0.223 e. The van der Waals surface area contributed by atoms with Gasteiger partial charge in [0, 0.05) is 24.1 Å². The number of hydrogen-bond acceptors (Lipinski definition) is 4. The standard InChI is InChI=1S/C26H32N2O3/c1-5-17-31-22-12-11-19(18-23(22)30-6-2)13-15-26-25(3,4)20-9-7-8-10-21(20)28(26)16-14-24(29)27-26/h7-13,15,18H,5-6,14,16-17H2,1-4H3,(H,27,29)/t26-/m1/s1. The molecule has 2 aliphatic rings. The van der Waals surface area contributed by atoms with Crippen molar-refractivity contribution in [1.29, 1.82) is 0 Å². The third-order valence-corrected chi connectivity index (χ3v) is 6.39. The minimum Gasteiger partial charge on any atom is -0.490 e. The number of fused-ring (bicyclic) bond motifs is 3. The van der Waals surface area contributed by atoms with Crippen molar-refractivity contribution in [2.45, 2.75) is 51.6 Å². The summed E-state index contributed by atoms with van der Waals surface area (Å²) in [6.07, 6.45) is 5.67. The van der Waals surface area contributed by atoms with E-state index in [0.717, 1.165) is 23.5 Å². The number of para-hydroxylation sites is 1. The lowest BCUT2D eigenvalue weighted by Gasteiger charge is -2.49. The average Bonchev–Trinajstić information content (AvgIpc) is 2.96. The highest BCUT2D eigenvalue weighted by atomic mass is 16.5. The molecule has 1 saturated heterocycles. The zero-order valence-corrected chi connectivity index (χ0v) is 18.9. The van der Waals surface area contributed by atoms with Gasteiger partial charge in [0.2, 0.25) is 5.91 Å². The number of hydrogen-bond donors (Lipinski definition) is 1. The molecular weight excluding hydrogens is 388 g/mol. The molecule has 4 rings (SSSR count). The van der Waals surface area contributed by atoms with Gasteiger partial charge in [0.05, 0.1) is 13.2 Å². The van der Waals surface area contributed by atoms with E-state index in [1.807, 2.05) is 25.1 Å². The molecule has 1 atom stereocenters. The van der Waals surface area contributed by atoms with E-state index in [-0.39, 0.29) is 11.3 Å². The SMILES string of the molecule is CCCOc1ccc(C=C[C@@]23NC(=O)CCN2c2ccccc2C3(C)C)cc1OCC. The molecule has 2 aliphatic heterocycles. The van der Waals surface area contributed by atoms with Crippen LogP contribution in [0, 0.1) is 0 Å². The summed E-state index contributed by atoms with van der Waals surface area (Å²) in [6, 6.07) is 14.5. The Labute approximate surface area is 185 Å². The maximum atomic E-state index is 12.5. The van der Waals surface area contributed by atoms with Crippen LogP contribution in [0.5, 0.6) is 11.5 Å². The van der Waals surface area contributed by atoms with Crippen LogP contribution in [0.1, 0.15) is 51.7 Å². The quantitative estimate of drug-likeness (QED) is 0.692. The van der Waals surface area contributed by atoms with Gasteiger partial charge in [0.1, 0.15) is 5.66 Å². The molecule has 0 bridgehead atoms. The molecule has 31 heavy (non-hydrogen) atoms. The van der Waals surface area contributed by atoms with Crippen LogP contribution in [-0.4, -0.2) is 31.3 Å². The number of nitrogens with one attached hydrogen (secondary N) is 1. The van der Waals surface area contributed by atoms with Crippen LogP contribution in [0.2, 0.25) is 0 Å². The Morgan fingerprint density at radius 1 is 1.10 bits per heavy atom. The normalized spacial score (nSPS) is 21.5. The summed E-state index contributed by atoms with van der Waals surface area (Å²) in [6.45, 7) is 10.4. The molecule has 0 aliphatic carbocycles. The zero-order valence-electron chi connectivity index (χ0n) is 18.9. The highest BCUT2D eigenvalue weighted by Gasteiger charge is 2.57. The summed E-state index contributed by atoms with van der Waals surface area (Å²) in [7, 11) is 0. The van der Waals surface area contributed by atoms with Crippen LogP contribution in [0.4, 0.5) is 5.69 Å². The maximum absolute atomic E-state index is 12.5. The van der Waals surface area contributed by atoms with Crippen molar-refractivity contribution in [2.24, 2.45) is 0 Å². The third kappa shape index (κ3) is 3.56. The average molecular weight is 421 g/mol. The highest BCUT2D eigenvalue weighted by Crippen LogP contribution is 2.52. The van der Waals surface area contributed by atoms with Crippen molar-refractivity contribution in [3.05, 3.63) is 59.7 Å². The van der Waals surface area contributed by atoms with Crippen molar-refractivity contribution in [1.82, 2.24) is 5.32 Å². The van der Waals surface area contributed by atoms with Gasteiger partial charge in [0.15, 0.2) is 11.5 Å². The van der Waals surface area contributed by atoms with Crippen LogP contribution in [0.15, 0.2) is 48.5 Å². The van der Waals surface area contributed by atoms with Gasteiger partial charge < -0.3 is 19.7 Å². The largest absolute Gasteiger partial charge is 0.490 e. The van der Waals surface area contributed by atoms with Crippen molar-refractivity contribution in [3.8, 4) is 11.5 Å². The molecule has 5 nitrogen and oxygen atoms in total. The van der Waals surface area contributed by atoms with E-state index in [1.54, 1.807) is 0 Å². The molecule has 0 saturated carbocycles. The second kappa shape index (κ2) is 8.29. The van der Waals surface area contributed by atoms with Crippen molar-refractivity contribution < 1.29 is 14.3 Å². The second-order valence-electron chi connectivity index (χ2n) is 8.68. The predicted molar refractivity (Wildman–Crippen MR) is 125 cm³/mol. The fourth-order valence-electron chi connectivity index (χ4n) is 4.76. The lowest BCUT2D eigenvalue weighted by atomic mass is 9.74. The Morgan fingerprint density at radius 2 is 1.90 bits per heavy atom. The Morgan fingerprint density at radius 3 is 2.68 bits per heavy atom. The van der Waals surface area contributed by atoms with E-state index in [0.29, 0.717) is 26.2 Å². The highest BCUT2D eigenvalue weighted by molar-refractivity contribution is 5.84. The molecule has 1 N–H and O–H groups in total. The first-order valence-corrected chi connectivity index (χ1v) is 11.2. The van der Waals surface area contributed by atoms with Crippen molar-refractivity contribution in [3.63, 3.8) is 0 Å². The van der Waals surface area contributed by atoms with Gasteiger partial charge in [-0.1, -0.05) is 51.1 Å². The van der Waals surface area contributed by atoms with E-state index in [4.69, 9.17) is 9.47 Å². The number of benzene rings is 2. The van der Waals surface area contributed by atoms with Gasteiger partial charge in [-0.05, 0) is 48.7 Å². The van der Waals surface area contributed by atoms with Crippen LogP contribution in [-0.2, 0) is 10.2 Å². The number of ether oxygens (including phenoxy) is 2. The van der Waals surface area contributed by atoms with Gasteiger partial charge in [0.25, 0.3) is 0 Å². The van der Waals surface area contributed by atoms with Crippen molar-refractivity contribution >= 4 is 17.7 Å². The molecule has 2 aromatic rings. The van der Waals surface area contributed by atoms with E-state index < -0.39 is 5.66 Å². The van der Waals surface area contributed by atoms with Gasteiger partial charge in [-0.15, -0.1) is 0 Å². The number of carbonyl (C=O) groups is 1. The molecule has 164 valence electrons. The van der Waals surface area contributed by atoms with Gasteiger partial charge in [-0.3, -0.25) is 4.79 Å². The first-order chi connectivity index (χ1) is 14.9. The molecule has 2 aromatic carbocycles. The summed E-state index contributed by atoms with van der Waals surface area (Å²) in [5.74, 6) is 1.59. The molecular formula is C26H32N2O3. The molecule has 2 heterocycles. The number of rotatable bonds is 7. The summed E-state index contributed by atoms with van der Waals surface area (Å²) in [5.41, 5.74) is 2.54. The number of nitrogens with zero attached hydrogens (tertiary/aromatic N) is 1. The monoisotopic (exact) mass is 420 g/mol. The fourth-order valence-corrected chi connectivity index (χ4v) is 4.76. The van der Waals surface area contributed by atoms with E-state index >= 15 is 0 Å². The first kappa shape index (κ1) is 21.3. The molecule has 1 fully saturated rings. The Bertz CT molecular complexity index is 998. The number of anilines is 1. The second-order valence-corrected chi connectivity index (χ2v) is 8.68. The first-order valence-electron chi connectivity index (χ1n) is 11.2. The minimum absolute atomic E-state index is 0.0834. The fraction of sp³-hybridized carbons (Fsp3) is 0.423. The van der Waals surface area contributed by atoms with Gasteiger partial charge in [-0.2, -0.15) is 0 Å². The van der Waals surface area contributed by atoms with Crippen LogP contribution >= 0.6 is 0 Å². The molecule has 1 amide bonds. The molecule has 0 unspecified atom stereocenters. The molecule has 0 radical (unpaired) electrons. The van der Waals surface area contributed by atoms with Crippen LogP contribution in [0.25, 0.3) is 6.08 Å². The lowest BCUT2D eigenvalue weighted by molar-refractivity contribution is -0.124. The third-order valence-electron chi connectivity index (χ3n) is 6.39. The van der Waals surface area contributed by atoms with E-state index in [2.05, 4.69) is 67.4 Å². The van der Waals surface area contributed by atoms with Crippen LogP contribution in [0.3, 0.4) is 0 Å².